The largest absolute Gasteiger partial charge is 0.458 e. The summed E-state index contributed by atoms with van der Waals surface area (Å²) in [5, 5.41) is 12.7. The van der Waals surface area contributed by atoms with Gasteiger partial charge in [0.05, 0.1) is 42.2 Å². The lowest BCUT2D eigenvalue weighted by Gasteiger charge is -2.64. The molecule has 0 aromatic carbocycles. The van der Waals surface area contributed by atoms with E-state index in [0.29, 0.717) is 31.3 Å². The molecular formula is C57H96O15Si2. The fraction of sp³-hybridized carbons (Fsp3) is 0.912. The summed E-state index contributed by atoms with van der Waals surface area (Å²) in [6.07, 6.45) is 4.95. The first-order valence-electron chi connectivity index (χ1n) is 28.5. The van der Waals surface area contributed by atoms with Crippen molar-refractivity contribution in [3.05, 3.63) is 11.6 Å². The summed E-state index contributed by atoms with van der Waals surface area (Å²) in [7, 11) is -4.73. The second-order valence-corrected chi connectivity index (χ2v) is 37.1. The van der Waals surface area contributed by atoms with Crippen molar-refractivity contribution in [3.8, 4) is 0 Å². The first-order chi connectivity index (χ1) is 34.2. The Hall–Kier alpha value is -1.78. The molecule has 8 rings (SSSR count). The Morgan fingerprint density at radius 1 is 0.635 bits per heavy atom. The highest BCUT2D eigenvalue weighted by atomic mass is 28.4. The summed E-state index contributed by atoms with van der Waals surface area (Å²) < 4.78 is 72.2. The molecule has 0 unspecified atom stereocenters. The second kappa shape index (κ2) is 21.4. The predicted octanol–water partition coefficient (Wildman–Crippen LogP) is 10.4. The van der Waals surface area contributed by atoms with E-state index in [4.69, 9.17) is 51.5 Å². The minimum atomic E-state index is -2.39. The number of fused-ring (bicyclic) bond motifs is 5. The van der Waals surface area contributed by atoms with Crippen LogP contribution in [-0.4, -0.2) is 132 Å². The van der Waals surface area contributed by atoms with Crippen molar-refractivity contribution >= 4 is 34.5 Å². The van der Waals surface area contributed by atoms with Crippen molar-refractivity contribution in [2.45, 2.75) is 289 Å². The van der Waals surface area contributed by atoms with E-state index >= 15 is 0 Å². The molecule has 3 saturated heterocycles. The van der Waals surface area contributed by atoms with Gasteiger partial charge in [-0.15, -0.1) is 0 Å². The Labute approximate surface area is 445 Å². The summed E-state index contributed by atoms with van der Waals surface area (Å²) in [5.74, 6) is 0.169. The first kappa shape index (κ1) is 58.4. The Bertz CT molecular complexity index is 2070. The first-order valence-corrected chi connectivity index (χ1v) is 34.3. The van der Waals surface area contributed by atoms with Crippen molar-refractivity contribution in [1.82, 2.24) is 0 Å². The molecule has 0 spiro atoms. The number of ether oxygens (including phenoxy) is 9. The van der Waals surface area contributed by atoms with Gasteiger partial charge in [0.2, 0.25) is 0 Å². The smallest absolute Gasteiger partial charge is 0.331 e. The minimum absolute atomic E-state index is 0.0492. The number of esters is 3. The zero-order valence-electron chi connectivity index (χ0n) is 48.2. The number of hydrogen-bond acceptors (Lipinski definition) is 15. The standard InChI is InChI=1S/C57H96O15Si2/c1-32-50(67-36(5)59)43(66-35(4)58)28-48(64-32)69-52-34(3)65-49(30-45(52)72-74(16,17)54(9,10)11)70-51-33(2)63-47(29-44(51)71-73(14,15)53(6,7)8)68-39-20-23-55(12)38(27-39)18-19-42-41(55)21-24-56(13)40(22-25-57(42,56)61)37-26-46(60)62-31-37/h26,32-34,38-45,47-52,61H,18-25,27-31H2,1-17H3/t32-,33-,34-,38-,39+,40-,41+,42-,43+,44+,45+,47+,48+,49+,50-,51-,52-,55+,56-,57+/m1/s1. The van der Waals surface area contributed by atoms with Crippen molar-refractivity contribution in [1.29, 1.82) is 0 Å². The number of carbonyl (C=O) groups excluding carboxylic acids is 3. The average Bonchev–Trinajstić information content (AvgIpc) is 3.82. The maximum absolute atomic E-state index is 12.8. The van der Waals surface area contributed by atoms with Gasteiger partial charge >= 0.3 is 17.9 Å². The summed E-state index contributed by atoms with van der Waals surface area (Å²) in [6.45, 7) is 36.1. The Morgan fingerprint density at radius 3 is 1.65 bits per heavy atom. The van der Waals surface area contributed by atoms with Crippen LogP contribution in [0.3, 0.4) is 0 Å². The molecular weight excluding hydrogens is 981 g/mol. The van der Waals surface area contributed by atoms with Crippen molar-refractivity contribution in [2.24, 2.45) is 34.5 Å². The summed E-state index contributed by atoms with van der Waals surface area (Å²) in [6, 6.07) is 0. The number of hydrogen-bond donors (Lipinski definition) is 1. The highest BCUT2D eigenvalue weighted by Crippen LogP contribution is 2.70. The van der Waals surface area contributed by atoms with Gasteiger partial charge in [-0.3, -0.25) is 9.59 Å². The van der Waals surface area contributed by atoms with Crippen LogP contribution in [-0.2, 0) is 65.9 Å². The van der Waals surface area contributed by atoms with E-state index < -0.39 is 95.8 Å². The normalized spacial score (nSPS) is 44.1. The maximum atomic E-state index is 12.8. The molecule has 422 valence electrons. The molecule has 0 aromatic heterocycles. The number of cyclic esters (lactones) is 1. The number of rotatable bonds is 13. The van der Waals surface area contributed by atoms with E-state index in [1.165, 1.54) is 13.8 Å². The molecule has 74 heavy (non-hydrogen) atoms. The van der Waals surface area contributed by atoms with Gasteiger partial charge in [0.1, 0.15) is 24.9 Å². The number of aliphatic hydroxyl groups is 1. The third kappa shape index (κ3) is 11.5. The molecule has 8 aliphatic rings. The van der Waals surface area contributed by atoms with E-state index in [9.17, 15) is 19.5 Å². The fourth-order valence-electron chi connectivity index (χ4n) is 14.7. The van der Waals surface area contributed by atoms with Crippen LogP contribution >= 0.6 is 0 Å². The van der Waals surface area contributed by atoms with Crippen LogP contribution in [0.25, 0.3) is 0 Å². The third-order valence-electron chi connectivity index (χ3n) is 20.9. The molecule has 0 radical (unpaired) electrons. The van der Waals surface area contributed by atoms with Gasteiger partial charge < -0.3 is 56.6 Å². The summed E-state index contributed by atoms with van der Waals surface area (Å²) in [5.41, 5.74) is 0.198. The summed E-state index contributed by atoms with van der Waals surface area (Å²) in [4.78, 5) is 36.4. The SMILES string of the molecule is CC(=O)O[C@H]1[C@@H](OC(C)=O)C[C@H](O[C@H]2[C@@H](O[Si](C)(C)C(C)(C)C)C[C@H](O[C@H]3[C@@H](O[Si](C)(C)C(C)(C)C)C[C@H](O[C@H]4CC[C@@]5(C)[C@H](CC[C@@H]6[C@@H]5CC[C@]5(C)[C@@H](C7=CC(=O)OC7)CC[C@]65O)C4)O[C@@H]3C)O[C@@H]2C)O[C@@H]1C. The van der Waals surface area contributed by atoms with Crippen LogP contribution in [0.5, 0.6) is 0 Å². The van der Waals surface area contributed by atoms with Gasteiger partial charge in [0.25, 0.3) is 0 Å². The van der Waals surface area contributed by atoms with Crippen LogP contribution in [0.4, 0.5) is 0 Å². The van der Waals surface area contributed by atoms with Gasteiger partial charge in [-0.25, -0.2) is 4.79 Å². The van der Waals surface area contributed by atoms with Gasteiger partial charge in [0, 0.05) is 44.6 Å². The average molecular weight is 1080 g/mol. The van der Waals surface area contributed by atoms with Gasteiger partial charge in [-0.1, -0.05) is 55.4 Å². The molecule has 20 atom stereocenters. The Morgan fingerprint density at radius 2 is 1.15 bits per heavy atom. The minimum Gasteiger partial charge on any atom is -0.458 e. The zero-order valence-corrected chi connectivity index (χ0v) is 50.2. The van der Waals surface area contributed by atoms with Crippen molar-refractivity contribution < 1.29 is 71.0 Å². The lowest BCUT2D eigenvalue weighted by atomic mass is 9.43. The van der Waals surface area contributed by atoms with E-state index in [1.54, 1.807) is 13.0 Å². The van der Waals surface area contributed by atoms with Crippen LogP contribution in [0.2, 0.25) is 36.3 Å². The number of carbonyl (C=O) groups is 3. The van der Waals surface area contributed by atoms with Crippen LogP contribution in [0.15, 0.2) is 11.6 Å². The highest BCUT2D eigenvalue weighted by Gasteiger charge is 2.68. The summed E-state index contributed by atoms with van der Waals surface area (Å²) >= 11 is 0. The van der Waals surface area contributed by atoms with E-state index in [1.807, 2.05) is 6.92 Å². The van der Waals surface area contributed by atoms with Crippen LogP contribution in [0.1, 0.15) is 167 Å². The molecule has 4 saturated carbocycles. The molecule has 17 heteroatoms. The predicted molar refractivity (Wildman–Crippen MR) is 282 cm³/mol. The maximum Gasteiger partial charge on any atom is 0.331 e. The van der Waals surface area contributed by atoms with Gasteiger partial charge in [0.15, 0.2) is 41.6 Å². The lowest BCUT2D eigenvalue weighted by molar-refractivity contribution is -0.334. The topological polar surface area (TPSA) is 173 Å². The van der Waals surface area contributed by atoms with Gasteiger partial charge in [-0.2, -0.15) is 0 Å². The third-order valence-corrected chi connectivity index (χ3v) is 29.9. The molecule has 4 aliphatic carbocycles. The molecule has 0 amide bonds. The molecule has 0 aromatic rings. The zero-order chi connectivity index (χ0) is 54.3. The fourth-order valence-corrected chi connectivity index (χ4v) is 17.4. The molecule has 7 fully saturated rings. The molecule has 1 N–H and O–H groups in total. The Balaban J connectivity index is 0.953. The van der Waals surface area contributed by atoms with E-state index in [-0.39, 0.29) is 63.4 Å². The lowest BCUT2D eigenvalue weighted by Crippen LogP contribution is -2.62. The quantitative estimate of drug-likeness (QED) is 0.0798. The molecule has 15 nitrogen and oxygen atoms in total. The second-order valence-electron chi connectivity index (χ2n) is 27.6. The highest BCUT2D eigenvalue weighted by molar-refractivity contribution is 6.74. The van der Waals surface area contributed by atoms with E-state index in [0.717, 1.165) is 63.4 Å². The molecule has 4 aliphatic heterocycles. The monoisotopic (exact) mass is 1080 g/mol. The van der Waals surface area contributed by atoms with Crippen LogP contribution in [0, 0.1) is 34.5 Å². The van der Waals surface area contributed by atoms with Crippen LogP contribution < -0.4 is 0 Å². The van der Waals surface area contributed by atoms with Gasteiger partial charge in [-0.05, 0) is 149 Å². The van der Waals surface area contributed by atoms with E-state index in [2.05, 4.69) is 88.5 Å². The Kier molecular flexibility index (Phi) is 16.9. The van der Waals surface area contributed by atoms with Crippen molar-refractivity contribution in [2.75, 3.05) is 6.61 Å². The molecule has 0 bridgehead atoms. The van der Waals surface area contributed by atoms with Crippen molar-refractivity contribution in [3.63, 3.8) is 0 Å². The molecule has 4 heterocycles.